The fourth-order valence-electron chi connectivity index (χ4n) is 4.05. The normalized spacial score (nSPS) is 19.9. The summed E-state index contributed by atoms with van der Waals surface area (Å²) < 4.78 is 5.42. The van der Waals surface area contributed by atoms with E-state index in [1.54, 1.807) is 24.3 Å². The molecule has 2 aliphatic heterocycles. The molecule has 0 bridgehead atoms. The topological polar surface area (TPSA) is 61.9 Å². The Balaban J connectivity index is 1.41. The lowest BCUT2D eigenvalue weighted by Crippen LogP contribution is -2.40. The number of rotatable bonds is 5. The minimum Gasteiger partial charge on any atom is -0.379 e. The number of morpholine rings is 1. The number of benzene rings is 2. The second-order valence-corrected chi connectivity index (χ2v) is 7.68. The molecule has 0 spiro atoms. The molecule has 0 aromatic heterocycles. The van der Waals surface area contributed by atoms with Gasteiger partial charge in [0.05, 0.1) is 24.5 Å². The van der Waals surface area contributed by atoms with Gasteiger partial charge in [0.1, 0.15) is 0 Å². The van der Waals surface area contributed by atoms with E-state index >= 15 is 0 Å². The van der Waals surface area contributed by atoms with Gasteiger partial charge in [-0.15, -0.1) is 0 Å². The van der Waals surface area contributed by atoms with E-state index in [9.17, 15) is 9.59 Å². The highest BCUT2D eigenvalue weighted by atomic mass is 16.5. The molecule has 2 amide bonds. The quantitative estimate of drug-likeness (QED) is 0.849. The van der Waals surface area contributed by atoms with E-state index in [4.69, 9.17) is 4.74 Å². The van der Waals surface area contributed by atoms with Gasteiger partial charge in [-0.1, -0.05) is 30.3 Å². The third-order valence-corrected chi connectivity index (χ3v) is 5.63. The van der Waals surface area contributed by atoms with Crippen LogP contribution in [0.2, 0.25) is 0 Å². The predicted octanol–water partition coefficient (Wildman–Crippen LogP) is 2.73. The van der Waals surface area contributed by atoms with Crippen LogP contribution < -0.4 is 5.32 Å². The zero-order valence-electron chi connectivity index (χ0n) is 16.5. The summed E-state index contributed by atoms with van der Waals surface area (Å²) in [6.07, 6.45) is 1.02. The number of ether oxygens (including phenoxy) is 1. The zero-order chi connectivity index (χ0) is 20.1. The molecular weight excluding hydrogens is 366 g/mol. The molecule has 0 aliphatic carbocycles. The molecule has 29 heavy (non-hydrogen) atoms. The third kappa shape index (κ3) is 4.83. The number of nitrogens with one attached hydrogen (secondary N) is 1. The number of nitrogens with zero attached hydrogens (tertiary/aromatic N) is 2. The van der Waals surface area contributed by atoms with Gasteiger partial charge < -0.3 is 15.0 Å². The first-order valence-electron chi connectivity index (χ1n) is 10.3. The van der Waals surface area contributed by atoms with E-state index in [-0.39, 0.29) is 11.8 Å². The number of hydrogen-bond acceptors (Lipinski definition) is 4. The number of carbonyl (C=O) groups is 2. The molecule has 2 aromatic rings. The lowest BCUT2D eigenvalue weighted by molar-refractivity contribution is 0.0310. The molecule has 0 radical (unpaired) electrons. The number of hydrogen-bond donors (Lipinski definition) is 1. The molecule has 2 fully saturated rings. The second-order valence-electron chi connectivity index (χ2n) is 7.68. The summed E-state index contributed by atoms with van der Waals surface area (Å²) in [6.45, 7) is 6.07. The van der Waals surface area contributed by atoms with Crippen LogP contribution in [-0.2, 0) is 4.74 Å². The maximum absolute atomic E-state index is 13.2. The second kappa shape index (κ2) is 9.20. The molecule has 6 nitrogen and oxygen atoms in total. The zero-order valence-corrected chi connectivity index (χ0v) is 16.5. The van der Waals surface area contributed by atoms with E-state index in [0.29, 0.717) is 22.7 Å². The standard InChI is InChI=1S/C23H27N3O3/c27-22(19-6-2-1-3-7-19)24-21-9-5-4-8-20(21)23(28)26-11-10-18(17-26)16-25-12-14-29-15-13-25/h1-9,18H,10-17H2,(H,24,27). The Hall–Kier alpha value is -2.70. The molecule has 4 rings (SSSR count). The van der Waals surface area contributed by atoms with Crippen LogP contribution in [0.4, 0.5) is 5.69 Å². The number of likely N-dealkylation sites (tertiary alicyclic amines) is 1. The molecular formula is C23H27N3O3. The van der Waals surface area contributed by atoms with E-state index in [2.05, 4.69) is 10.2 Å². The first-order valence-corrected chi connectivity index (χ1v) is 10.3. The summed E-state index contributed by atoms with van der Waals surface area (Å²) in [5, 5.41) is 2.90. The minimum atomic E-state index is -0.211. The number of anilines is 1. The van der Waals surface area contributed by atoms with E-state index in [0.717, 1.165) is 52.4 Å². The van der Waals surface area contributed by atoms with Crippen molar-refractivity contribution >= 4 is 17.5 Å². The summed E-state index contributed by atoms with van der Waals surface area (Å²) in [5.41, 5.74) is 1.67. The summed E-state index contributed by atoms with van der Waals surface area (Å²) in [5.74, 6) is 0.263. The van der Waals surface area contributed by atoms with Crippen molar-refractivity contribution < 1.29 is 14.3 Å². The van der Waals surface area contributed by atoms with Gasteiger partial charge in [0.25, 0.3) is 11.8 Å². The van der Waals surface area contributed by atoms with Crippen LogP contribution in [0.3, 0.4) is 0 Å². The van der Waals surface area contributed by atoms with Crippen molar-refractivity contribution in [3.8, 4) is 0 Å². The third-order valence-electron chi connectivity index (χ3n) is 5.63. The van der Waals surface area contributed by atoms with Crippen LogP contribution in [0.15, 0.2) is 54.6 Å². The van der Waals surface area contributed by atoms with Crippen molar-refractivity contribution in [1.29, 1.82) is 0 Å². The molecule has 2 saturated heterocycles. The van der Waals surface area contributed by atoms with Crippen LogP contribution in [0.5, 0.6) is 0 Å². The first-order chi connectivity index (χ1) is 14.2. The van der Waals surface area contributed by atoms with Gasteiger partial charge >= 0.3 is 0 Å². The average molecular weight is 393 g/mol. The van der Waals surface area contributed by atoms with Crippen molar-refractivity contribution in [2.24, 2.45) is 5.92 Å². The fourth-order valence-corrected chi connectivity index (χ4v) is 4.05. The van der Waals surface area contributed by atoms with Crippen molar-refractivity contribution in [3.05, 3.63) is 65.7 Å². The first kappa shape index (κ1) is 19.6. The van der Waals surface area contributed by atoms with Crippen molar-refractivity contribution in [1.82, 2.24) is 9.80 Å². The Kier molecular flexibility index (Phi) is 6.22. The lowest BCUT2D eigenvalue weighted by Gasteiger charge is -2.29. The number of para-hydroxylation sites is 1. The van der Waals surface area contributed by atoms with Crippen molar-refractivity contribution in [3.63, 3.8) is 0 Å². The number of carbonyl (C=O) groups excluding carboxylic acids is 2. The molecule has 2 heterocycles. The molecule has 0 saturated carbocycles. The van der Waals surface area contributed by atoms with E-state index < -0.39 is 0 Å². The Morgan fingerprint density at radius 1 is 0.966 bits per heavy atom. The predicted molar refractivity (Wildman–Crippen MR) is 112 cm³/mol. The average Bonchev–Trinajstić information content (AvgIpc) is 3.23. The smallest absolute Gasteiger partial charge is 0.255 e. The Bertz CT molecular complexity index is 849. The van der Waals surface area contributed by atoms with Gasteiger partial charge in [-0.3, -0.25) is 14.5 Å². The Morgan fingerprint density at radius 3 is 2.48 bits per heavy atom. The molecule has 6 heteroatoms. The maximum atomic E-state index is 13.2. The molecule has 1 atom stereocenters. The van der Waals surface area contributed by atoms with E-state index in [1.807, 2.05) is 35.2 Å². The van der Waals surface area contributed by atoms with Gasteiger partial charge in [-0.05, 0) is 36.6 Å². The molecule has 2 aliphatic rings. The monoisotopic (exact) mass is 393 g/mol. The molecule has 1 N–H and O–H groups in total. The van der Waals surface area contributed by atoms with Gasteiger partial charge in [0.2, 0.25) is 0 Å². The van der Waals surface area contributed by atoms with E-state index in [1.165, 1.54) is 0 Å². The fraction of sp³-hybridized carbons (Fsp3) is 0.391. The summed E-state index contributed by atoms with van der Waals surface area (Å²) >= 11 is 0. The van der Waals surface area contributed by atoms with Crippen LogP contribution in [0, 0.1) is 5.92 Å². The van der Waals surface area contributed by atoms with Gasteiger partial charge in [-0.2, -0.15) is 0 Å². The van der Waals surface area contributed by atoms with Crippen LogP contribution >= 0.6 is 0 Å². The minimum absolute atomic E-state index is 0.0153. The maximum Gasteiger partial charge on any atom is 0.255 e. The van der Waals surface area contributed by atoms with Crippen molar-refractivity contribution in [2.45, 2.75) is 6.42 Å². The highest BCUT2D eigenvalue weighted by molar-refractivity contribution is 6.09. The summed E-state index contributed by atoms with van der Waals surface area (Å²) in [6, 6.07) is 16.3. The van der Waals surface area contributed by atoms with Crippen LogP contribution in [-0.4, -0.2) is 67.6 Å². The largest absolute Gasteiger partial charge is 0.379 e. The molecule has 2 aromatic carbocycles. The van der Waals surface area contributed by atoms with Gasteiger partial charge in [0, 0.05) is 38.3 Å². The molecule has 152 valence electrons. The summed E-state index contributed by atoms with van der Waals surface area (Å²) in [4.78, 5) is 30.0. The van der Waals surface area contributed by atoms with Crippen LogP contribution in [0.1, 0.15) is 27.1 Å². The van der Waals surface area contributed by atoms with Gasteiger partial charge in [0.15, 0.2) is 0 Å². The van der Waals surface area contributed by atoms with Gasteiger partial charge in [-0.25, -0.2) is 0 Å². The highest BCUT2D eigenvalue weighted by Gasteiger charge is 2.29. The lowest BCUT2D eigenvalue weighted by atomic mass is 10.1. The number of amides is 2. The SMILES string of the molecule is O=C(Nc1ccccc1C(=O)N1CCC(CN2CCOCC2)C1)c1ccccc1. The highest BCUT2D eigenvalue weighted by Crippen LogP contribution is 2.24. The molecule has 1 unspecified atom stereocenters. The Labute approximate surface area is 171 Å². The van der Waals surface area contributed by atoms with Crippen LogP contribution in [0.25, 0.3) is 0 Å². The van der Waals surface area contributed by atoms with Crippen molar-refractivity contribution in [2.75, 3.05) is 51.3 Å². The Morgan fingerprint density at radius 2 is 1.69 bits per heavy atom. The summed E-state index contributed by atoms with van der Waals surface area (Å²) in [7, 11) is 0.